The van der Waals surface area contributed by atoms with Gasteiger partial charge in [0.15, 0.2) is 0 Å². The molecule has 0 amide bonds. The molecule has 0 spiro atoms. The molecule has 2 aliphatic heterocycles. The van der Waals surface area contributed by atoms with E-state index in [1.807, 2.05) is 0 Å². The fourth-order valence-electron chi connectivity index (χ4n) is 7.68. The number of nitro groups is 3. The molecule has 5 aromatic rings. The summed E-state index contributed by atoms with van der Waals surface area (Å²) in [4.78, 5) is 96.4. The number of hydrogen-bond donors (Lipinski definition) is 0. The van der Waals surface area contributed by atoms with Gasteiger partial charge in [-0.2, -0.15) is 0 Å². The van der Waals surface area contributed by atoms with Crippen molar-refractivity contribution in [3.8, 4) is 28.3 Å². The predicted molar refractivity (Wildman–Crippen MR) is 203 cm³/mol. The monoisotopic (exact) mass is 800 g/mol. The smallest absolute Gasteiger partial charge is 0.355 e. The molecular formula is C38H25BN6O14. The molecule has 294 valence electrons. The number of esters is 2. The zero-order valence-corrected chi connectivity index (χ0v) is 30.9. The van der Waals surface area contributed by atoms with Crippen molar-refractivity contribution in [3.05, 3.63) is 129 Å². The van der Waals surface area contributed by atoms with Crippen molar-refractivity contribution in [2.75, 3.05) is 0 Å². The molecule has 1 aliphatic carbocycles. The highest BCUT2D eigenvalue weighted by molar-refractivity contribution is 6.55. The van der Waals surface area contributed by atoms with Crippen LogP contribution in [0, 0.1) is 37.3 Å². The number of aryl methyl sites for hydroxylation is 1. The summed E-state index contributed by atoms with van der Waals surface area (Å²) < 4.78 is 17.7. The van der Waals surface area contributed by atoms with E-state index in [2.05, 4.69) is 5.16 Å². The minimum Gasteiger partial charge on any atom is -0.457 e. The molecule has 2 atom stereocenters. The van der Waals surface area contributed by atoms with Crippen LogP contribution in [0.25, 0.3) is 33.4 Å². The lowest BCUT2D eigenvalue weighted by atomic mass is 9.85. The molecule has 0 saturated carbocycles. The van der Waals surface area contributed by atoms with Crippen LogP contribution in [0.2, 0.25) is 0 Å². The largest absolute Gasteiger partial charge is 0.457 e. The van der Waals surface area contributed by atoms with Gasteiger partial charge >= 0.3 is 11.9 Å². The first-order valence-electron chi connectivity index (χ1n) is 17.6. The number of non-ortho nitro benzene ring substituents is 2. The molecule has 59 heavy (non-hydrogen) atoms. The van der Waals surface area contributed by atoms with E-state index in [1.165, 1.54) is 43.5 Å². The molecule has 0 unspecified atom stereocenters. The Kier molecular flexibility index (Phi) is 8.82. The summed E-state index contributed by atoms with van der Waals surface area (Å²) in [6.45, 7) is 3.88. The Labute approximate surface area is 330 Å². The first-order valence-corrected chi connectivity index (χ1v) is 17.6. The molecular weight excluding hydrogens is 775 g/mol. The van der Waals surface area contributed by atoms with Gasteiger partial charge in [0, 0.05) is 51.4 Å². The third-order valence-electron chi connectivity index (χ3n) is 10.4. The molecule has 2 radical (unpaired) electrons. The summed E-state index contributed by atoms with van der Waals surface area (Å²) in [5.74, 6) is -2.95. The number of rotatable bonds is 9. The predicted octanol–water partition coefficient (Wildman–Crippen LogP) is 5.17. The number of carbonyl (C=O) groups is 3. The number of aromatic nitrogens is 2. The molecule has 0 fully saturated rings. The van der Waals surface area contributed by atoms with Crippen LogP contribution in [0.4, 0.5) is 21.9 Å². The van der Waals surface area contributed by atoms with Crippen molar-refractivity contribution in [1.29, 1.82) is 0 Å². The Balaban J connectivity index is 1.16. The lowest BCUT2D eigenvalue weighted by molar-refractivity contribution is -0.393. The second-order valence-electron chi connectivity index (χ2n) is 13.8. The molecule has 2 aromatic heterocycles. The van der Waals surface area contributed by atoms with Gasteiger partial charge in [0.25, 0.3) is 22.6 Å². The average molecular weight is 800 g/mol. The third-order valence-corrected chi connectivity index (χ3v) is 10.4. The van der Waals surface area contributed by atoms with Crippen molar-refractivity contribution < 1.29 is 48.2 Å². The number of nitro benzene ring substituents is 3. The number of hydrogen-bond acceptors (Lipinski definition) is 16. The summed E-state index contributed by atoms with van der Waals surface area (Å²) in [6.07, 6.45) is -1.84. The standard InChI is InChI=1S/C38H25BN6O14/c1-4-38(26-13-29-32-19(14-42(29)34(46)25(26)15-56-36(38)48)8-18-9-22(57-37(39)49)5-6-27(18)40-32)58-35(47)17(3)59-41-33-23-10-20(43(50)51)7-16(2)30(23)31-24(33)11-21(44(52)53)12-28(31)45(54)55/h5-13,17H,4,14-15H2,1-3H3/t17-,38-/m0/s1. The normalized spacial score (nSPS) is 16.9. The number of fused-ring (bicyclic) bond motifs is 8. The summed E-state index contributed by atoms with van der Waals surface area (Å²) >= 11 is 0. The number of oxime groups is 1. The average Bonchev–Trinajstić information content (AvgIpc) is 3.71. The van der Waals surface area contributed by atoms with Crippen molar-refractivity contribution >= 4 is 59.3 Å². The number of pyridine rings is 2. The van der Waals surface area contributed by atoms with Crippen LogP contribution in [0.15, 0.2) is 64.5 Å². The van der Waals surface area contributed by atoms with E-state index in [0.717, 1.165) is 18.2 Å². The van der Waals surface area contributed by atoms with Crippen LogP contribution >= 0.6 is 0 Å². The van der Waals surface area contributed by atoms with Gasteiger partial charge in [0.05, 0.1) is 55.4 Å². The zero-order valence-electron chi connectivity index (χ0n) is 30.9. The summed E-state index contributed by atoms with van der Waals surface area (Å²) in [5.41, 5.74) is -2.67. The third kappa shape index (κ3) is 6.01. The van der Waals surface area contributed by atoms with Crippen LogP contribution in [0.5, 0.6) is 5.75 Å². The van der Waals surface area contributed by atoms with Crippen molar-refractivity contribution in [3.63, 3.8) is 0 Å². The van der Waals surface area contributed by atoms with Crippen LogP contribution in [-0.2, 0) is 42.7 Å². The quantitative estimate of drug-likeness (QED) is 0.0789. The number of benzene rings is 3. The SMILES string of the molecule is [B]C(=O)Oc1ccc2nc3c(cc2c1)Cn1c-3cc2c(c1=O)COC(=O)[C@@]2(CC)OC(=O)[C@H](C)ON=C1c2cc([N+](=O)[O-])cc(C)c2-c2c1cc([N+](=O)[O-])cc2[N+](=O)[O-]. The van der Waals surface area contributed by atoms with Gasteiger partial charge in [-0.1, -0.05) is 12.1 Å². The van der Waals surface area contributed by atoms with Gasteiger partial charge in [-0.25, -0.2) is 14.6 Å². The fraction of sp³-hybridized carbons (Fsp3) is 0.211. The summed E-state index contributed by atoms with van der Waals surface area (Å²) in [5, 5.41) is 40.4. The first kappa shape index (κ1) is 38.1. The molecule has 0 bridgehead atoms. The van der Waals surface area contributed by atoms with E-state index in [0.29, 0.717) is 27.9 Å². The number of carbonyl (C=O) groups excluding carboxylic acids is 3. The minimum absolute atomic E-state index is 0.0267. The minimum atomic E-state index is -2.16. The Hall–Kier alpha value is -7.84. The number of cyclic esters (lactones) is 1. The molecule has 4 heterocycles. The van der Waals surface area contributed by atoms with Gasteiger partial charge < -0.3 is 23.6 Å². The highest BCUT2D eigenvalue weighted by atomic mass is 16.7. The Morgan fingerprint density at radius 3 is 2.34 bits per heavy atom. The molecule has 20 nitrogen and oxygen atoms in total. The van der Waals surface area contributed by atoms with Gasteiger partial charge in [-0.05, 0) is 56.2 Å². The van der Waals surface area contributed by atoms with Gasteiger partial charge in [0.1, 0.15) is 18.1 Å². The van der Waals surface area contributed by atoms with E-state index >= 15 is 0 Å². The van der Waals surface area contributed by atoms with Crippen LogP contribution in [0.1, 0.15) is 53.6 Å². The van der Waals surface area contributed by atoms with Gasteiger partial charge in [-0.15, -0.1) is 0 Å². The molecule has 3 aliphatic rings. The summed E-state index contributed by atoms with van der Waals surface area (Å²) in [6, 6.07) is 12.0. The second-order valence-corrected chi connectivity index (χ2v) is 13.8. The summed E-state index contributed by atoms with van der Waals surface area (Å²) in [7, 11) is 5.15. The van der Waals surface area contributed by atoms with Crippen LogP contribution < -0.4 is 10.3 Å². The van der Waals surface area contributed by atoms with Crippen LogP contribution in [-0.4, -0.2) is 61.8 Å². The fourth-order valence-corrected chi connectivity index (χ4v) is 7.68. The molecule has 8 rings (SSSR count). The Bertz CT molecular complexity index is 2910. The molecule has 0 N–H and O–H groups in total. The molecule has 0 saturated heterocycles. The Morgan fingerprint density at radius 1 is 0.983 bits per heavy atom. The maximum Gasteiger partial charge on any atom is 0.355 e. The number of nitrogens with zero attached hydrogens (tertiary/aromatic N) is 6. The Morgan fingerprint density at radius 2 is 1.68 bits per heavy atom. The van der Waals surface area contributed by atoms with Crippen molar-refractivity contribution in [1.82, 2.24) is 9.55 Å². The number of ether oxygens (including phenoxy) is 3. The second kappa shape index (κ2) is 13.7. The lowest BCUT2D eigenvalue weighted by Crippen LogP contribution is -2.48. The van der Waals surface area contributed by atoms with E-state index in [4.69, 9.17) is 31.9 Å². The van der Waals surface area contributed by atoms with Crippen LogP contribution in [0.3, 0.4) is 0 Å². The lowest BCUT2D eigenvalue weighted by Gasteiger charge is -2.36. The molecule has 21 heteroatoms. The highest BCUT2D eigenvalue weighted by Crippen LogP contribution is 2.48. The van der Waals surface area contributed by atoms with E-state index in [9.17, 15) is 49.5 Å². The van der Waals surface area contributed by atoms with Gasteiger partial charge in [0.2, 0.25) is 25.4 Å². The van der Waals surface area contributed by atoms with Crippen molar-refractivity contribution in [2.24, 2.45) is 5.16 Å². The van der Waals surface area contributed by atoms with Crippen molar-refractivity contribution in [2.45, 2.75) is 52.0 Å². The highest BCUT2D eigenvalue weighted by Gasteiger charge is 2.51. The van der Waals surface area contributed by atoms with E-state index in [-0.39, 0.29) is 63.4 Å². The first-order chi connectivity index (χ1) is 28.0. The van der Waals surface area contributed by atoms with E-state index in [1.54, 1.807) is 18.2 Å². The molecule has 3 aromatic carbocycles. The van der Waals surface area contributed by atoms with Gasteiger partial charge in [-0.3, -0.25) is 39.9 Å². The topological polar surface area (TPSA) is 265 Å². The van der Waals surface area contributed by atoms with E-state index < -0.39 is 73.5 Å². The maximum atomic E-state index is 14.0. The maximum absolute atomic E-state index is 14.0. The zero-order chi connectivity index (χ0) is 42.2.